The minimum Gasteiger partial charge on any atom is -0.392 e. The molecule has 2 aromatic rings. The van der Waals surface area contributed by atoms with Crippen molar-refractivity contribution in [1.82, 2.24) is 4.90 Å². The fourth-order valence-electron chi connectivity index (χ4n) is 3.38. The molecule has 1 atom stereocenters. The molecule has 1 heterocycles. The molecular weight excluding hydrogens is 288 g/mol. The molecule has 0 bridgehead atoms. The van der Waals surface area contributed by atoms with E-state index >= 15 is 0 Å². The third-order valence-corrected chi connectivity index (χ3v) is 4.51. The van der Waals surface area contributed by atoms with Gasteiger partial charge in [-0.05, 0) is 37.8 Å². The van der Waals surface area contributed by atoms with Crippen LogP contribution in [-0.4, -0.2) is 48.2 Å². The van der Waals surface area contributed by atoms with E-state index in [1.54, 1.807) is 0 Å². The van der Waals surface area contributed by atoms with Crippen LogP contribution in [-0.2, 0) is 4.79 Å². The standard InChI is InChI=1S/C19H24N2O2/c1-2-21(19(23)14-20-12-6-9-16(22)13-20)18-11-5-8-15-7-3-4-10-17(15)18/h3-5,7-8,10-11,16,22H,2,6,9,12-14H2,1H3. The Morgan fingerprint density at radius 3 is 2.83 bits per heavy atom. The Morgan fingerprint density at radius 1 is 1.26 bits per heavy atom. The first-order chi connectivity index (χ1) is 11.2. The highest BCUT2D eigenvalue weighted by atomic mass is 16.3. The lowest BCUT2D eigenvalue weighted by molar-refractivity contribution is -0.120. The molecule has 2 aromatic carbocycles. The second kappa shape index (κ2) is 7.11. The van der Waals surface area contributed by atoms with Crippen molar-refractivity contribution < 1.29 is 9.90 Å². The number of piperidine rings is 1. The van der Waals surface area contributed by atoms with Gasteiger partial charge in [-0.15, -0.1) is 0 Å². The van der Waals surface area contributed by atoms with Gasteiger partial charge in [-0.3, -0.25) is 9.69 Å². The number of rotatable bonds is 4. The molecule has 1 N–H and O–H groups in total. The molecule has 0 radical (unpaired) electrons. The number of fused-ring (bicyclic) bond motifs is 1. The van der Waals surface area contributed by atoms with E-state index in [9.17, 15) is 9.90 Å². The van der Waals surface area contributed by atoms with Gasteiger partial charge in [0, 0.05) is 18.5 Å². The van der Waals surface area contributed by atoms with E-state index in [-0.39, 0.29) is 12.0 Å². The molecule has 1 aliphatic rings. The lowest BCUT2D eigenvalue weighted by Gasteiger charge is -2.31. The number of amides is 1. The number of carbonyl (C=O) groups excluding carboxylic acids is 1. The monoisotopic (exact) mass is 312 g/mol. The summed E-state index contributed by atoms with van der Waals surface area (Å²) in [6.07, 6.45) is 1.49. The Labute approximate surface area is 137 Å². The summed E-state index contributed by atoms with van der Waals surface area (Å²) in [5, 5.41) is 12.0. The van der Waals surface area contributed by atoms with E-state index in [1.165, 1.54) is 0 Å². The summed E-state index contributed by atoms with van der Waals surface area (Å²) in [5.74, 6) is 0.0953. The minimum absolute atomic E-state index is 0.0953. The maximum absolute atomic E-state index is 12.8. The molecule has 122 valence electrons. The second-order valence-electron chi connectivity index (χ2n) is 6.17. The lowest BCUT2D eigenvalue weighted by Crippen LogP contribution is -2.45. The highest BCUT2D eigenvalue weighted by Crippen LogP contribution is 2.27. The number of aliphatic hydroxyl groups excluding tert-OH is 1. The average Bonchev–Trinajstić information content (AvgIpc) is 2.56. The molecule has 1 unspecified atom stereocenters. The highest BCUT2D eigenvalue weighted by Gasteiger charge is 2.23. The van der Waals surface area contributed by atoms with Gasteiger partial charge in [0.2, 0.25) is 5.91 Å². The largest absolute Gasteiger partial charge is 0.392 e. The number of anilines is 1. The second-order valence-corrected chi connectivity index (χ2v) is 6.17. The summed E-state index contributed by atoms with van der Waals surface area (Å²) < 4.78 is 0. The number of likely N-dealkylation sites (N-methyl/N-ethyl adjacent to an activating group) is 1. The summed E-state index contributed by atoms with van der Waals surface area (Å²) in [4.78, 5) is 16.7. The van der Waals surface area contributed by atoms with Gasteiger partial charge in [-0.2, -0.15) is 0 Å². The van der Waals surface area contributed by atoms with E-state index < -0.39 is 0 Å². The molecule has 1 saturated heterocycles. The van der Waals surface area contributed by atoms with Crippen LogP contribution in [0.3, 0.4) is 0 Å². The van der Waals surface area contributed by atoms with Crippen molar-refractivity contribution in [3.8, 4) is 0 Å². The van der Waals surface area contributed by atoms with Gasteiger partial charge in [0.05, 0.1) is 18.3 Å². The third kappa shape index (κ3) is 3.54. The first kappa shape index (κ1) is 16.0. The number of hydrogen-bond donors (Lipinski definition) is 1. The molecule has 0 saturated carbocycles. The Kier molecular flexibility index (Phi) is 4.94. The fourth-order valence-corrected chi connectivity index (χ4v) is 3.38. The van der Waals surface area contributed by atoms with E-state index in [1.807, 2.05) is 36.1 Å². The van der Waals surface area contributed by atoms with Gasteiger partial charge in [-0.25, -0.2) is 0 Å². The SMILES string of the molecule is CCN(C(=O)CN1CCCC(O)C1)c1cccc2ccccc12. The van der Waals surface area contributed by atoms with Crippen LogP contribution in [0.25, 0.3) is 10.8 Å². The Balaban J connectivity index is 1.82. The van der Waals surface area contributed by atoms with Gasteiger partial charge < -0.3 is 10.0 Å². The first-order valence-corrected chi connectivity index (χ1v) is 8.37. The minimum atomic E-state index is -0.302. The highest BCUT2D eigenvalue weighted by molar-refractivity contribution is 6.04. The Bertz CT molecular complexity index is 681. The summed E-state index contributed by atoms with van der Waals surface area (Å²) >= 11 is 0. The lowest BCUT2D eigenvalue weighted by atomic mass is 10.1. The van der Waals surface area contributed by atoms with Crippen LogP contribution in [0.15, 0.2) is 42.5 Å². The zero-order valence-electron chi connectivity index (χ0n) is 13.6. The molecule has 4 heteroatoms. The number of likely N-dealkylation sites (tertiary alicyclic amines) is 1. The van der Waals surface area contributed by atoms with Crippen molar-refractivity contribution in [2.75, 3.05) is 31.1 Å². The number of β-amino-alcohol motifs (C(OH)–C–C–N with tert-alkyl or cyclic N) is 1. The molecule has 1 fully saturated rings. The average molecular weight is 312 g/mol. The molecule has 0 aromatic heterocycles. The summed E-state index contributed by atoms with van der Waals surface area (Å²) in [6, 6.07) is 14.2. The van der Waals surface area contributed by atoms with E-state index in [2.05, 4.69) is 23.1 Å². The zero-order chi connectivity index (χ0) is 16.2. The summed E-state index contributed by atoms with van der Waals surface area (Å²) in [7, 11) is 0. The number of carbonyl (C=O) groups is 1. The van der Waals surface area contributed by atoms with Crippen LogP contribution in [0, 0.1) is 0 Å². The van der Waals surface area contributed by atoms with E-state index in [0.29, 0.717) is 19.6 Å². The van der Waals surface area contributed by atoms with Crippen LogP contribution in [0.4, 0.5) is 5.69 Å². The van der Waals surface area contributed by atoms with Gasteiger partial charge in [0.15, 0.2) is 0 Å². The third-order valence-electron chi connectivity index (χ3n) is 4.51. The van der Waals surface area contributed by atoms with Crippen molar-refractivity contribution in [1.29, 1.82) is 0 Å². The fraction of sp³-hybridized carbons (Fsp3) is 0.421. The normalized spacial score (nSPS) is 19.0. The molecule has 23 heavy (non-hydrogen) atoms. The predicted molar refractivity (Wildman–Crippen MR) is 93.7 cm³/mol. The first-order valence-electron chi connectivity index (χ1n) is 8.37. The van der Waals surface area contributed by atoms with Gasteiger partial charge >= 0.3 is 0 Å². The van der Waals surface area contributed by atoms with Crippen molar-refractivity contribution in [3.63, 3.8) is 0 Å². The van der Waals surface area contributed by atoms with Crippen molar-refractivity contribution in [3.05, 3.63) is 42.5 Å². The van der Waals surface area contributed by atoms with Crippen LogP contribution in [0.1, 0.15) is 19.8 Å². The maximum atomic E-state index is 12.8. The maximum Gasteiger partial charge on any atom is 0.241 e. The topological polar surface area (TPSA) is 43.8 Å². The smallest absolute Gasteiger partial charge is 0.241 e. The van der Waals surface area contributed by atoms with Crippen LogP contribution in [0.2, 0.25) is 0 Å². The Hall–Kier alpha value is -1.91. The molecule has 3 rings (SSSR count). The summed E-state index contributed by atoms with van der Waals surface area (Å²) in [5.41, 5.74) is 0.966. The van der Waals surface area contributed by atoms with Gasteiger partial charge in [-0.1, -0.05) is 36.4 Å². The van der Waals surface area contributed by atoms with Crippen molar-refractivity contribution in [2.45, 2.75) is 25.9 Å². The number of aliphatic hydroxyl groups is 1. The van der Waals surface area contributed by atoms with Crippen molar-refractivity contribution in [2.24, 2.45) is 0 Å². The Morgan fingerprint density at radius 2 is 2.04 bits per heavy atom. The molecule has 0 aliphatic carbocycles. The van der Waals surface area contributed by atoms with Gasteiger partial charge in [0.25, 0.3) is 0 Å². The number of nitrogens with zero attached hydrogens (tertiary/aromatic N) is 2. The van der Waals surface area contributed by atoms with Crippen LogP contribution < -0.4 is 4.90 Å². The molecule has 1 amide bonds. The molecule has 1 aliphatic heterocycles. The van der Waals surface area contributed by atoms with Crippen molar-refractivity contribution >= 4 is 22.4 Å². The predicted octanol–water partition coefficient (Wildman–Crippen LogP) is 2.65. The summed E-state index contributed by atoms with van der Waals surface area (Å²) in [6.45, 7) is 4.50. The van der Waals surface area contributed by atoms with Crippen LogP contribution in [0.5, 0.6) is 0 Å². The molecular formula is C19H24N2O2. The van der Waals surface area contributed by atoms with Gasteiger partial charge in [0.1, 0.15) is 0 Å². The number of benzene rings is 2. The van der Waals surface area contributed by atoms with Crippen LogP contribution >= 0.6 is 0 Å². The van der Waals surface area contributed by atoms with E-state index in [0.717, 1.165) is 35.8 Å². The van der Waals surface area contributed by atoms with E-state index in [4.69, 9.17) is 0 Å². The number of hydrogen-bond acceptors (Lipinski definition) is 3. The molecule has 0 spiro atoms. The quantitative estimate of drug-likeness (QED) is 0.944. The molecule has 4 nitrogen and oxygen atoms in total. The zero-order valence-corrected chi connectivity index (χ0v) is 13.6.